The van der Waals surface area contributed by atoms with E-state index in [9.17, 15) is 4.79 Å². The zero-order chi connectivity index (χ0) is 20.8. The van der Waals surface area contributed by atoms with Crippen LogP contribution in [-0.2, 0) is 24.4 Å². The first-order valence-electron chi connectivity index (χ1n) is 10.6. The molecule has 1 saturated heterocycles. The van der Waals surface area contributed by atoms with E-state index >= 15 is 0 Å². The lowest BCUT2D eigenvalue weighted by Crippen LogP contribution is -2.48. The molecule has 7 heteroatoms. The highest BCUT2D eigenvalue weighted by Crippen LogP contribution is 2.25. The fraction of sp³-hybridized carbons (Fsp3) is 0.591. The van der Waals surface area contributed by atoms with Gasteiger partial charge < -0.3 is 14.2 Å². The van der Waals surface area contributed by atoms with Crippen molar-refractivity contribution in [2.24, 2.45) is 0 Å². The molecule has 29 heavy (non-hydrogen) atoms. The molecule has 0 unspecified atom stereocenters. The summed E-state index contributed by atoms with van der Waals surface area (Å²) in [7, 11) is 0. The maximum absolute atomic E-state index is 12.8. The first kappa shape index (κ1) is 21.7. The number of benzene rings is 1. The molecule has 6 nitrogen and oxygen atoms in total. The van der Waals surface area contributed by atoms with Crippen LogP contribution in [0.3, 0.4) is 0 Å². The minimum Gasteiger partial charge on any atom is -0.486 e. The highest BCUT2D eigenvalue weighted by atomic mass is 32.2. The smallest absolute Gasteiger partial charge is 0.233 e. The number of likely N-dealkylation sites (tertiary alicyclic amines) is 1. The molecule has 1 aromatic carbocycles. The maximum atomic E-state index is 12.8. The fourth-order valence-electron chi connectivity index (χ4n) is 3.93. The number of ether oxygens (including phenoxy) is 1. The molecule has 158 valence electrons. The van der Waals surface area contributed by atoms with E-state index in [2.05, 4.69) is 50.0 Å². The lowest BCUT2D eigenvalue weighted by Gasteiger charge is -2.39. The zero-order valence-electron chi connectivity index (χ0n) is 17.9. The van der Waals surface area contributed by atoms with Crippen molar-refractivity contribution in [3.8, 4) is 5.75 Å². The molecule has 2 atom stereocenters. The number of aryl methyl sites for hydroxylation is 1. The van der Waals surface area contributed by atoms with Crippen LogP contribution in [0.1, 0.15) is 58.3 Å². The Balaban J connectivity index is 1.59. The second-order valence-corrected chi connectivity index (χ2v) is 8.59. The standard InChI is InChI=1S/C22H32N4O2S/c1-5-18-10-12-19(13-11-18)28-14-20-23-24-22(25(20)6-2)29-15-21(27)26-16(3)8-7-9-17(26)4/h10-13,16-17H,5-9,14-15H2,1-4H3/t16-,17-/m1/s1. The number of carbonyl (C=O) groups is 1. The van der Waals surface area contributed by atoms with Gasteiger partial charge in [0.2, 0.25) is 5.91 Å². The molecule has 1 aromatic heterocycles. The van der Waals surface area contributed by atoms with Crippen molar-refractivity contribution in [1.82, 2.24) is 19.7 Å². The summed E-state index contributed by atoms with van der Waals surface area (Å²) in [6, 6.07) is 8.77. The molecule has 0 N–H and O–H groups in total. The van der Waals surface area contributed by atoms with Crippen molar-refractivity contribution in [3.05, 3.63) is 35.7 Å². The number of hydrogen-bond acceptors (Lipinski definition) is 5. The van der Waals surface area contributed by atoms with Gasteiger partial charge >= 0.3 is 0 Å². The minimum absolute atomic E-state index is 0.189. The molecule has 1 amide bonds. The molecular formula is C22H32N4O2S. The van der Waals surface area contributed by atoms with E-state index in [1.165, 1.54) is 23.7 Å². The average molecular weight is 417 g/mol. The van der Waals surface area contributed by atoms with Gasteiger partial charge in [-0.1, -0.05) is 30.8 Å². The Morgan fingerprint density at radius 3 is 2.45 bits per heavy atom. The van der Waals surface area contributed by atoms with Crippen LogP contribution < -0.4 is 4.74 Å². The third-order valence-corrected chi connectivity index (χ3v) is 6.57. The largest absolute Gasteiger partial charge is 0.486 e. The number of aromatic nitrogens is 3. The molecule has 3 rings (SSSR count). The van der Waals surface area contributed by atoms with Gasteiger partial charge in [0.05, 0.1) is 5.75 Å². The molecule has 0 spiro atoms. The van der Waals surface area contributed by atoms with Crippen molar-refractivity contribution in [1.29, 1.82) is 0 Å². The summed E-state index contributed by atoms with van der Waals surface area (Å²) in [5.41, 5.74) is 1.29. The summed E-state index contributed by atoms with van der Waals surface area (Å²) >= 11 is 1.47. The van der Waals surface area contributed by atoms with Gasteiger partial charge in [-0.15, -0.1) is 10.2 Å². The highest BCUT2D eigenvalue weighted by molar-refractivity contribution is 7.99. The lowest BCUT2D eigenvalue weighted by molar-refractivity contribution is -0.134. The average Bonchev–Trinajstić information content (AvgIpc) is 3.12. The molecule has 1 fully saturated rings. The van der Waals surface area contributed by atoms with Gasteiger partial charge in [0.15, 0.2) is 11.0 Å². The van der Waals surface area contributed by atoms with E-state index < -0.39 is 0 Å². The van der Waals surface area contributed by atoms with Crippen molar-refractivity contribution >= 4 is 17.7 Å². The Morgan fingerprint density at radius 2 is 1.83 bits per heavy atom. The number of piperidine rings is 1. The van der Waals surface area contributed by atoms with Crippen molar-refractivity contribution in [3.63, 3.8) is 0 Å². The summed E-state index contributed by atoms with van der Waals surface area (Å²) in [4.78, 5) is 14.8. The predicted octanol–water partition coefficient (Wildman–Crippen LogP) is 4.32. The van der Waals surface area contributed by atoms with Gasteiger partial charge in [0.1, 0.15) is 12.4 Å². The molecule has 0 saturated carbocycles. The Bertz CT molecular complexity index is 796. The Kier molecular flexibility index (Phi) is 7.58. The van der Waals surface area contributed by atoms with Crippen LogP contribution in [0.4, 0.5) is 0 Å². The van der Waals surface area contributed by atoms with Crippen LogP contribution in [0.5, 0.6) is 5.75 Å². The van der Waals surface area contributed by atoms with Gasteiger partial charge in [0, 0.05) is 18.6 Å². The molecule has 1 aliphatic heterocycles. The first-order valence-corrected chi connectivity index (χ1v) is 11.6. The van der Waals surface area contributed by atoms with Crippen LogP contribution >= 0.6 is 11.8 Å². The van der Waals surface area contributed by atoms with Gasteiger partial charge in [-0.25, -0.2) is 0 Å². The third kappa shape index (κ3) is 5.32. The Morgan fingerprint density at radius 1 is 1.14 bits per heavy atom. The molecule has 2 aromatic rings. The Labute approximate surface area is 178 Å². The molecule has 0 aliphatic carbocycles. The molecule has 0 radical (unpaired) electrons. The zero-order valence-corrected chi connectivity index (χ0v) is 18.7. The quantitative estimate of drug-likeness (QED) is 0.600. The van der Waals surface area contributed by atoms with Crippen molar-refractivity contribution in [2.75, 3.05) is 5.75 Å². The van der Waals surface area contributed by atoms with E-state index in [1.54, 1.807) is 0 Å². The molecule has 0 bridgehead atoms. The van der Waals surface area contributed by atoms with Crippen LogP contribution in [0, 0.1) is 0 Å². The lowest BCUT2D eigenvalue weighted by atomic mass is 9.98. The van der Waals surface area contributed by atoms with E-state index in [0.717, 1.165) is 42.5 Å². The number of carbonyl (C=O) groups excluding carboxylic acids is 1. The number of hydrogen-bond donors (Lipinski definition) is 0. The number of rotatable bonds is 8. The van der Waals surface area contributed by atoms with E-state index in [-0.39, 0.29) is 5.91 Å². The minimum atomic E-state index is 0.189. The summed E-state index contributed by atoms with van der Waals surface area (Å²) in [6.45, 7) is 9.60. The van der Waals surface area contributed by atoms with Crippen LogP contribution in [0.2, 0.25) is 0 Å². The number of amides is 1. The Hall–Kier alpha value is -2.02. The topological polar surface area (TPSA) is 60.3 Å². The van der Waals surface area contributed by atoms with E-state index in [0.29, 0.717) is 24.4 Å². The SMILES string of the molecule is CCc1ccc(OCc2nnc(SCC(=O)N3[C@H](C)CCC[C@H]3C)n2CC)cc1. The molecular weight excluding hydrogens is 384 g/mol. The molecule has 2 heterocycles. The van der Waals surface area contributed by atoms with Crippen LogP contribution in [0.15, 0.2) is 29.4 Å². The second kappa shape index (κ2) is 10.1. The number of nitrogens with zero attached hydrogens (tertiary/aromatic N) is 4. The monoisotopic (exact) mass is 416 g/mol. The van der Waals surface area contributed by atoms with Gasteiger partial charge in [-0.3, -0.25) is 4.79 Å². The molecule has 1 aliphatic rings. The third-order valence-electron chi connectivity index (χ3n) is 5.62. The van der Waals surface area contributed by atoms with Crippen LogP contribution in [0.25, 0.3) is 0 Å². The predicted molar refractivity (Wildman–Crippen MR) is 116 cm³/mol. The van der Waals surface area contributed by atoms with E-state index in [1.807, 2.05) is 21.6 Å². The van der Waals surface area contributed by atoms with Gasteiger partial charge in [-0.05, 0) is 64.2 Å². The van der Waals surface area contributed by atoms with E-state index in [4.69, 9.17) is 4.74 Å². The second-order valence-electron chi connectivity index (χ2n) is 7.65. The summed E-state index contributed by atoms with van der Waals surface area (Å²) in [5.74, 6) is 2.19. The van der Waals surface area contributed by atoms with Crippen molar-refractivity contribution in [2.45, 2.75) is 83.8 Å². The van der Waals surface area contributed by atoms with Gasteiger partial charge in [0.25, 0.3) is 0 Å². The first-order chi connectivity index (χ1) is 14.0. The van der Waals surface area contributed by atoms with Crippen LogP contribution in [-0.4, -0.2) is 43.4 Å². The van der Waals surface area contributed by atoms with Crippen molar-refractivity contribution < 1.29 is 9.53 Å². The summed E-state index contributed by atoms with van der Waals surface area (Å²) in [5, 5.41) is 9.38. The highest BCUT2D eigenvalue weighted by Gasteiger charge is 2.29. The fourth-order valence-corrected chi connectivity index (χ4v) is 4.82. The summed E-state index contributed by atoms with van der Waals surface area (Å²) in [6.07, 6.45) is 4.39. The number of thioether (sulfide) groups is 1. The maximum Gasteiger partial charge on any atom is 0.233 e. The summed E-state index contributed by atoms with van der Waals surface area (Å²) < 4.78 is 7.92. The normalized spacial score (nSPS) is 19.4. The van der Waals surface area contributed by atoms with Gasteiger partial charge in [-0.2, -0.15) is 0 Å².